The summed E-state index contributed by atoms with van der Waals surface area (Å²) in [5.74, 6) is -0.548. The first kappa shape index (κ1) is 18.4. The van der Waals surface area contributed by atoms with Gasteiger partial charge in [0.2, 0.25) is 0 Å². The van der Waals surface area contributed by atoms with Crippen LogP contribution in [0.25, 0.3) is 0 Å². The number of benzene rings is 2. The van der Waals surface area contributed by atoms with Gasteiger partial charge in [-0.05, 0) is 36.8 Å². The fraction of sp³-hybridized carbons (Fsp3) is 0.188. The number of carbonyl (C=O) groups is 1. The molecule has 0 aliphatic rings. The molecule has 0 saturated carbocycles. The van der Waals surface area contributed by atoms with E-state index in [0.717, 1.165) is 6.07 Å². The second kappa shape index (κ2) is 7.75. The monoisotopic (exact) mass is 365 g/mol. The molecule has 0 unspecified atom stereocenters. The van der Waals surface area contributed by atoms with Gasteiger partial charge in [0, 0.05) is 12.1 Å². The molecule has 132 valence electrons. The Kier molecular flexibility index (Phi) is 5.71. The van der Waals surface area contributed by atoms with E-state index in [9.17, 15) is 23.3 Å². The Labute approximate surface area is 144 Å². The maximum atomic E-state index is 12.2. The van der Waals surface area contributed by atoms with E-state index >= 15 is 0 Å². The van der Waals surface area contributed by atoms with Gasteiger partial charge in [-0.1, -0.05) is 13.0 Å². The van der Waals surface area contributed by atoms with Crippen LogP contribution in [0, 0.1) is 10.1 Å². The summed E-state index contributed by atoms with van der Waals surface area (Å²) < 4.78 is 34.3. The van der Waals surface area contributed by atoms with E-state index in [2.05, 4.69) is 0 Å². The van der Waals surface area contributed by atoms with Crippen molar-refractivity contribution < 1.29 is 27.1 Å². The molecule has 0 radical (unpaired) electrons. The molecule has 2 aromatic carbocycles. The number of hydrogen-bond donors (Lipinski definition) is 0. The topological polar surface area (TPSA) is 113 Å². The van der Waals surface area contributed by atoms with Gasteiger partial charge in [-0.3, -0.25) is 10.1 Å². The van der Waals surface area contributed by atoms with Crippen molar-refractivity contribution in [1.29, 1.82) is 0 Å². The summed E-state index contributed by atoms with van der Waals surface area (Å²) in [7, 11) is -4.24. The van der Waals surface area contributed by atoms with Crippen LogP contribution >= 0.6 is 0 Å². The number of hydrogen-bond acceptors (Lipinski definition) is 7. The smallest absolute Gasteiger partial charge is 0.339 e. The molecule has 25 heavy (non-hydrogen) atoms. The van der Waals surface area contributed by atoms with E-state index in [1.54, 1.807) is 0 Å². The largest absolute Gasteiger partial charge is 0.462 e. The molecular weight excluding hydrogens is 350 g/mol. The van der Waals surface area contributed by atoms with E-state index < -0.39 is 21.0 Å². The third-order valence-electron chi connectivity index (χ3n) is 3.05. The Morgan fingerprint density at radius 2 is 1.84 bits per heavy atom. The van der Waals surface area contributed by atoms with Crippen molar-refractivity contribution in [3.8, 4) is 5.75 Å². The second-order valence-electron chi connectivity index (χ2n) is 4.95. The summed E-state index contributed by atoms with van der Waals surface area (Å²) in [4.78, 5) is 21.4. The Bertz CT molecular complexity index is 876. The van der Waals surface area contributed by atoms with E-state index in [1.165, 1.54) is 42.5 Å². The Morgan fingerprint density at radius 3 is 2.44 bits per heavy atom. The molecule has 0 amide bonds. The first-order valence-corrected chi connectivity index (χ1v) is 8.70. The lowest BCUT2D eigenvalue weighted by molar-refractivity contribution is -0.385. The lowest BCUT2D eigenvalue weighted by Crippen LogP contribution is -2.10. The SMILES string of the molecule is CCCOC(=O)c1ccc(OS(=O)(=O)c2cccc([N+](=O)[O-])c2)cc1. The summed E-state index contributed by atoms with van der Waals surface area (Å²) in [6.07, 6.45) is 0.689. The molecule has 2 rings (SSSR count). The molecule has 0 aliphatic heterocycles. The highest BCUT2D eigenvalue weighted by molar-refractivity contribution is 7.87. The van der Waals surface area contributed by atoms with Gasteiger partial charge in [0.15, 0.2) is 0 Å². The molecule has 0 aliphatic carbocycles. The van der Waals surface area contributed by atoms with Crippen LogP contribution in [0.5, 0.6) is 5.75 Å². The molecule has 0 fully saturated rings. The quantitative estimate of drug-likeness (QED) is 0.321. The molecule has 9 heteroatoms. The zero-order chi connectivity index (χ0) is 18.4. The van der Waals surface area contributed by atoms with Gasteiger partial charge in [-0.2, -0.15) is 8.42 Å². The molecule has 0 saturated heterocycles. The van der Waals surface area contributed by atoms with Crippen LogP contribution in [0.2, 0.25) is 0 Å². The predicted molar refractivity (Wildman–Crippen MR) is 87.9 cm³/mol. The van der Waals surface area contributed by atoms with Crippen molar-refractivity contribution in [1.82, 2.24) is 0 Å². The van der Waals surface area contributed by atoms with Crippen molar-refractivity contribution in [3.05, 3.63) is 64.2 Å². The maximum absolute atomic E-state index is 12.2. The third kappa shape index (κ3) is 4.77. The van der Waals surface area contributed by atoms with Gasteiger partial charge in [0.1, 0.15) is 10.6 Å². The lowest BCUT2D eigenvalue weighted by Gasteiger charge is -2.08. The first-order valence-electron chi connectivity index (χ1n) is 7.29. The second-order valence-corrected chi connectivity index (χ2v) is 6.50. The van der Waals surface area contributed by atoms with Crippen LogP contribution in [0.1, 0.15) is 23.7 Å². The Morgan fingerprint density at radius 1 is 1.16 bits per heavy atom. The summed E-state index contributed by atoms with van der Waals surface area (Å²) in [6, 6.07) is 9.88. The van der Waals surface area contributed by atoms with Crippen molar-refractivity contribution in [2.45, 2.75) is 18.2 Å². The van der Waals surface area contributed by atoms with Crippen molar-refractivity contribution in [2.24, 2.45) is 0 Å². The maximum Gasteiger partial charge on any atom is 0.339 e. The van der Waals surface area contributed by atoms with Gasteiger partial charge in [0.25, 0.3) is 5.69 Å². The van der Waals surface area contributed by atoms with E-state index in [-0.39, 0.29) is 28.5 Å². The number of nitrogens with zero attached hydrogens (tertiary/aromatic N) is 1. The van der Waals surface area contributed by atoms with Gasteiger partial charge in [-0.25, -0.2) is 4.79 Å². The molecule has 8 nitrogen and oxygen atoms in total. The third-order valence-corrected chi connectivity index (χ3v) is 4.29. The molecule has 0 heterocycles. The number of rotatable bonds is 7. The average molecular weight is 365 g/mol. The number of carbonyl (C=O) groups excluding carboxylic acids is 1. The number of ether oxygens (including phenoxy) is 1. The normalized spacial score (nSPS) is 10.9. The van der Waals surface area contributed by atoms with Crippen molar-refractivity contribution in [3.63, 3.8) is 0 Å². The first-order chi connectivity index (χ1) is 11.8. The highest BCUT2D eigenvalue weighted by Crippen LogP contribution is 2.22. The summed E-state index contributed by atoms with van der Waals surface area (Å²) >= 11 is 0. The molecule has 0 atom stereocenters. The fourth-order valence-corrected chi connectivity index (χ4v) is 2.82. The minimum absolute atomic E-state index is 0.0291. The fourth-order valence-electron chi connectivity index (χ4n) is 1.85. The van der Waals surface area contributed by atoms with Gasteiger partial charge in [-0.15, -0.1) is 0 Å². The Balaban J connectivity index is 2.17. The summed E-state index contributed by atoms with van der Waals surface area (Å²) in [5, 5.41) is 10.7. The molecule has 2 aromatic rings. The highest BCUT2D eigenvalue weighted by atomic mass is 32.2. The van der Waals surface area contributed by atoms with E-state index in [0.29, 0.717) is 6.42 Å². The van der Waals surface area contributed by atoms with Crippen molar-refractivity contribution in [2.75, 3.05) is 6.61 Å². The van der Waals surface area contributed by atoms with Crippen molar-refractivity contribution >= 4 is 21.8 Å². The molecule has 0 bridgehead atoms. The molecule has 0 N–H and O–H groups in total. The molecular formula is C16H15NO7S. The number of nitro benzene ring substituents is 1. The summed E-state index contributed by atoms with van der Waals surface area (Å²) in [5.41, 5.74) is -0.104. The van der Waals surface area contributed by atoms with E-state index in [1.807, 2.05) is 6.92 Å². The standard InChI is InChI=1S/C16H15NO7S/c1-2-10-23-16(18)12-6-8-14(9-7-12)24-25(21,22)15-5-3-4-13(11-15)17(19)20/h3-9,11H,2,10H2,1H3. The van der Waals surface area contributed by atoms with Gasteiger partial charge < -0.3 is 8.92 Å². The zero-order valence-corrected chi connectivity index (χ0v) is 14.1. The van der Waals surface area contributed by atoms with Crippen LogP contribution in [0.15, 0.2) is 53.4 Å². The van der Waals surface area contributed by atoms with Crippen LogP contribution in [0.4, 0.5) is 5.69 Å². The zero-order valence-electron chi connectivity index (χ0n) is 13.2. The van der Waals surface area contributed by atoms with E-state index in [4.69, 9.17) is 8.92 Å². The Hall–Kier alpha value is -2.94. The number of esters is 1. The van der Waals surface area contributed by atoms with Gasteiger partial charge in [0.05, 0.1) is 17.1 Å². The van der Waals surface area contributed by atoms with Crippen LogP contribution < -0.4 is 4.18 Å². The number of non-ortho nitro benzene ring substituents is 1. The summed E-state index contributed by atoms with van der Waals surface area (Å²) in [6.45, 7) is 2.15. The van der Waals surface area contributed by atoms with Crippen LogP contribution in [0.3, 0.4) is 0 Å². The minimum atomic E-state index is -4.24. The lowest BCUT2D eigenvalue weighted by atomic mass is 10.2. The van der Waals surface area contributed by atoms with Crippen LogP contribution in [-0.4, -0.2) is 25.9 Å². The average Bonchev–Trinajstić information content (AvgIpc) is 2.60. The minimum Gasteiger partial charge on any atom is -0.462 e. The van der Waals surface area contributed by atoms with Crippen LogP contribution in [-0.2, 0) is 14.9 Å². The molecule has 0 spiro atoms. The number of nitro groups is 1. The molecule has 0 aromatic heterocycles. The predicted octanol–water partition coefficient (Wildman–Crippen LogP) is 2.93. The highest BCUT2D eigenvalue weighted by Gasteiger charge is 2.20. The van der Waals surface area contributed by atoms with Gasteiger partial charge >= 0.3 is 16.1 Å².